The second-order valence-corrected chi connectivity index (χ2v) is 6.26. The van der Waals surface area contributed by atoms with Crippen LogP contribution in [0.3, 0.4) is 0 Å². The molecule has 0 aliphatic rings. The van der Waals surface area contributed by atoms with Gasteiger partial charge >= 0.3 is 5.97 Å². The number of rotatable bonds is 5. The summed E-state index contributed by atoms with van der Waals surface area (Å²) in [7, 11) is 0. The van der Waals surface area contributed by atoms with E-state index in [9.17, 15) is 4.79 Å². The van der Waals surface area contributed by atoms with Gasteiger partial charge in [-0.3, -0.25) is 4.79 Å². The van der Waals surface area contributed by atoms with E-state index in [-0.39, 0.29) is 5.97 Å². The summed E-state index contributed by atoms with van der Waals surface area (Å²) >= 11 is 6.22. The van der Waals surface area contributed by atoms with Crippen LogP contribution in [0.2, 0.25) is 5.02 Å². The van der Waals surface area contributed by atoms with Gasteiger partial charge in [-0.2, -0.15) is 0 Å². The molecular weight excluding hydrogens is 332 g/mol. The SMILES string of the molecule is CC(OC(=O)C(c1ccccc1)c1ccccc1)c1ccccc1Cl. The summed E-state index contributed by atoms with van der Waals surface area (Å²) in [4.78, 5) is 13.0. The van der Waals surface area contributed by atoms with E-state index >= 15 is 0 Å². The molecule has 0 saturated heterocycles. The summed E-state index contributed by atoms with van der Waals surface area (Å²) in [6.07, 6.45) is -0.420. The third kappa shape index (κ3) is 4.09. The van der Waals surface area contributed by atoms with Crippen LogP contribution in [-0.2, 0) is 9.53 Å². The normalized spacial score (nSPS) is 12.0. The molecule has 0 N–H and O–H groups in total. The van der Waals surface area contributed by atoms with E-state index in [0.29, 0.717) is 5.02 Å². The Kier molecular flexibility index (Phi) is 5.52. The van der Waals surface area contributed by atoms with E-state index < -0.39 is 12.0 Å². The average Bonchev–Trinajstić information content (AvgIpc) is 2.64. The molecule has 0 amide bonds. The zero-order valence-corrected chi connectivity index (χ0v) is 14.7. The Balaban J connectivity index is 1.89. The van der Waals surface area contributed by atoms with Crippen molar-refractivity contribution in [3.05, 3.63) is 107 Å². The number of carbonyl (C=O) groups is 1. The number of hydrogen-bond donors (Lipinski definition) is 0. The molecule has 1 unspecified atom stereocenters. The lowest BCUT2D eigenvalue weighted by Gasteiger charge is -2.21. The van der Waals surface area contributed by atoms with Crippen molar-refractivity contribution in [1.29, 1.82) is 0 Å². The van der Waals surface area contributed by atoms with Gasteiger partial charge in [0, 0.05) is 10.6 Å². The Bertz CT molecular complexity index is 791. The summed E-state index contributed by atoms with van der Waals surface area (Å²) in [5.41, 5.74) is 2.62. The minimum atomic E-state index is -0.465. The lowest BCUT2D eigenvalue weighted by atomic mass is 9.91. The Morgan fingerprint density at radius 3 is 1.80 bits per heavy atom. The van der Waals surface area contributed by atoms with Crippen molar-refractivity contribution in [2.45, 2.75) is 18.9 Å². The molecule has 0 spiro atoms. The molecule has 0 aromatic heterocycles. The zero-order valence-electron chi connectivity index (χ0n) is 13.9. The summed E-state index contributed by atoms with van der Waals surface area (Å²) in [6, 6.07) is 26.8. The second kappa shape index (κ2) is 8.00. The van der Waals surface area contributed by atoms with Gasteiger partial charge in [-0.25, -0.2) is 0 Å². The highest BCUT2D eigenvalue weighted by Gasteiger charge is 2.26. The predicted molar refractivity (Wildman–Crippen MR) is 101 cm³/mol. The van der Waals surface area contributed by atoms with Gasteiger partial charge < -0.3 is 4.74 Å². The first-order valence-electron chi connectivity index (χ1n) is 8.21. The largest absolute Gasteiger partial charge is 0.457 e. The van der Waals surface area contributed by atoms with Crippen LogP contribution in [0.5, 0.6) is 0 Å². The van der Waals surface area contributed by atoms with Crippen LogP contribution in [0.15, 0.2) is 84.9 Å². The molecule has 0 fully saturated rings. The molecule has 0 radical (unpaired) electrons. The van der Waals surface area contributed by atoms with Gasteiger partial charge in [0.05, 0.1) is 0 Å². The summed E-state index contributed by atoms with van der Waals surface area (Å²) in [5.74, 6) is -0.753. The van der Waals surface area contributed by atoms with E-state index in [0.717, 1.165) is 16.7 Å². The molecule has 0 bridgehead atoms. The number of benzene rings is 3. The molecule has 1 atom stereocenters. The van der Waals surface area contributed by atoms with E-state index in [4.69, 9.17) is 16.3 Å². The van der Waals surface area contributed by atoms with Crippen molar-refractivity contribution in [1.82, 2.24) is 0 Å². The summed E-state index contributed by atoms with van der Waals surface area (Å²) < 4.78 is 5.76. The molecule has 3 aromatic rings. The quantitative estimate of drug-likeness (QED) is 0.545. The molecule has 0 aliphatic heterocycles. The maximum atomic E-state index is 13.0. The van der Waals surface area contributed by atoms with Crippen molar-refractivity contribution in [3.8, 4) is 0 Å². The Morgan fingerprint density at radius 2 is 1.28 bits per heavy atom. The van der Waals surface area contributed by atoms with Crippen LogP contribution in [0, 0.1) is 0 Å². The fraction of sp³-hybridized carbons (Fsp3) is 0.136. The minimum absolute atomic E-state index is 0.287. The van der Waals surface area contributed by atoms with Crippen molar-refractivity contribution in [2.75, 3.05) is 0 Å². The van der Waals surface area contributed by atoms with Gasteiger partial charge in [0.25, 0.3) is 0 Å². The highest BCUT2D eigenvalue weighted by molar-refractivity contribution is 6.31. The van der Waals surface area contributed by atoms with Gasteiger partial charge in [-0.15, -0.1) is 0 Å². The first-order chi connectivity index (χ1) is 12.2. The Morgan fingerprint density at radius 1 is 0.800 bits per heavy atom. The van der Waals surface area contributed by atoms with E-state index in [2.05, 4.69) is 0 Å². The van der Waals surface area contributed by atoms with Crippen LogP contribution in [-0.4, -0.2) is 5.97 Å². The molecule has 0 heterocycles. The molecule has 2 nitrogen and oxygen atoms in total. The number of carbonyl (C=O) groups excluding carboxylic acids is 1. The average molecular weight is 351 g/mol. The van der Waals surface area contributed by atoms with E-state index in [1.54, 1.807) is 6.07 Å². The number of halogens is 1. The summed E-state index contributed by atoms with van der Waals surface area (Å²) in [6.45, 7) is 1.84. The molecule has 3 rings (SSSR count). The molecule has 0 aliphatic carbocycles. The second-order valence-electron chi connectivity index (χ2n) is 5.86. The van der Waals surface area contributed by atoms with Crippen molar-refractivity contribution in [3.63, 3.8) is 0 Å². The maximum absolute atomic E-state index is 13.0. The third-order valence-corrected chi connectivity index (χ3v) is 4.48. The number of esters is 1. The first kappa shape index (κ1) is 17.2. The summed E-state index contributed by atoms with van der Waals surface area (Å²) in [5, 5.41) is 0.596. The van der Waals surface area contributed by atoms with E-state index in [1.165, 1.54) is 0 Å². The molecule has 3 aromatic carbocycles. The van der Waals surface area contributed by atoms with Crippen LogP contribution in [0.4, 0.5) is 0 Å². The van der Waals surface area contributed by atoms with Crippen molar-refractivity contribution < 1.29 is 9.53 Å². The first-order valence-corrected chi connectivity index (χ1v) is 8.59. The smallest absolute Gasteiger partial charge is 0.318 e. The van der Waals surface area contributed by atoms with E-state index in [1.807, 2.05) is 85.8 Å². The highest BCUT2D eigenvalue weighted by atomic mass is 35.5. The van der Waals surface area contributed by atoms with Crippen molar-refractivity contribution >= 4 is 17.6 Å². The van der Waals surface area contributed by atoms with Crippen LogP contribution < -0.4 is 0 Å². The number of hydrogen-bond acceptors (Lipinski definition) is 2. The molecule has 126 valence electrons. The Labute approximate surface area is 153 Å². The van der Waals surface area contributed by atoms with Gasteiger partial charge in [0.1, 0.15) is 12.0 Å². The maximum Gasteiger partial charge on any atom is 0.318 e. The van der Waals surface area contributed by atoms with Gasteiger partial charge in [-0.05, 0) is 24.1 Å². The molecule has 3 heteroatoms. The monoisotopic (exact) mass is 350 g/mol. The molecule has 0 saturated carbocycles. The highest BCUT2D eigenvalue weighted by Crippen LogP contribution is 2.30. The van der Waals surface area contributed by atoms with Crippen molar-refractivity contribution in [2.24, 2.45) is 0 Å². The molecular formula is C22H19ClO2. The fourth-order valence-corrected chi connectivity index (χ4v) is 3.16. The lowest BCUT2D eigenvalue weighted by molar-refractivity contribution is -0.149. The van der Waals surface area contributed by atoms with Gasteiger partial charge in [0.2, 0.25) is 0 Å². The number of ether oxygens (including phenoxy) is 1. The Hall–Kier alpha value is -2.58. The van der Waals surface area contributed by atoms with Crippen LogP contribution in [0.1, 0.15) is 35.6 Å². The topological polar surface area (TPSA) is 26.3 Å². The predicted octanol–water partition coefficient (Wildman–Crippen LogP) is 5.78. The minimum Gasteiger partial charge on any atom is -0.457 e. The standard InChI is InChI=1S/C22H19ClO2/c1-16(19-14-8-9-15-20(19)23)25-22(24)21(17-10-4-2-5-11-17)18-12-6-3-7-13-18/h2-16,21H,1H3. The van der Waals surface area contributed by atoms with Crippen LogP contribution >= 0.6 is 11.6 Å². The zero-order chi connectivity index (χ0) is 17.6. The third-order valence-electron chi connectivity index (χ3n) is 4.14. The van der Waals surface area contributed by atoms with Crippen LogP contribution in [0.25, 0.3) is 0 Å². The lowest BCUT2D eigenvalue weighted by Crippen LogP contribution is -2.19. The van der Waals surface area contributed by atoms with Gasteiger partial charge in [-0.1, -0.05) is 90.5 Å². The fourth-order valence-electron chi connectivity index (χ4n) is 2.87. The molecule has 25 heavy (non-hydrogen) atoms. The van der Waals surface area contributed by atoms with Gasteiger partial charge in [0.15, 0.2) is 0 Å².